The van der Waals surface area contributed by atoms with Crippen LogP contribution in [0.4, 0.5) is 4.39 Å². The van der Waals surface area contributed by atoms with Gasteiger partial charge in [-0.3, -0.25) is 0 Å². The van der Waals surface area contributed by atoms with E-state index >= 15 is 0 Å². The molecule has 0 aliphatic carbocycles. The maximum Gasteiger partial charge on any atom is 0.336 e. The fraction of sp³-hybridized carbons (Fsp3) is 0. The Hall–Kier alpha value is -1.47. The van der Waals surface area contributed by atoms with E-state index in [1.165, 1.54) is 35.0 Å². The quantitative estimate of drug-likeness (QED) is 0.914. The number of carboxylic acids is 1. The van der Waals surface area contributed by atoms with Crippen molar-refractivity contribution >= 4 is 29.1 Å². The van der Waals surface area contributed by atoms with E-state index in [1.807, 2.05) is 0 Å². The Labute approximate surface area is 98.1 Å². The number of aromatic carboxylic acids is 1. The second-order valence-electron chi connectivity index (χ2n) is 2.73. The Morgan fingerprint density at radius 2 is 2.31 bits per heavy atom. The van der Waals surface area contributed by atoms with Crippen LogP contribution in [0.2, 0.25) is 0 Å². The zero-order valence-corrected chi connectivity index (χ0v) is 9.39. The zero-order chi connectivity index (χ0) is 11.5. The largest absolute Gasteiger partial charge is 0.478 e. The van der Waals surface area contributed by atoms with Crippen molar-refractivity contribution in [2.24, 2.45) is 0 Å². The monoisotopic (exact) mass is 256 g/mol. The first-order valence-electron chi connectivity index (χ1n) is 4.14. The molecular weight excluding hydrogens is 251 g/mol. The fourth-order valence-corrected chi connectivity index (χ4v) is 2.62. The number of hydrogen-bond donors (Lipinski definition) is 1. The van der Waals surface area contributed by atoms with E-state index in [0.717, 1.165) is 11.8 Å². The second kappa shape index (κ2) is 4.58. The number of carboxylic acid groups (broad SMARTS) is 1. The molecule has 82 valence electrons. The van der Waals surface area contributed by atoms with Gasteiger partial charge >= 0.3 is 5.97 Å². The first kappa shape index (κ1) is 11.0. The summed E-state index contributed by atoms with van der Waals surface area (Å²) in [6, 6.07) is 3.94. The number of rotatable bonds is 3. The van der Waals surface area contributed by atoms with Gasteiger partial charge < -0.3 is 5.11 Å². The summed E-state index contributed by atoms with van der Waals surface area (Å²) in [7, 11) is 0. The van der Waals surface area contributed by atoms with Crippen molar-refractivity contribution in [3.8, 4) is 0 Å². The lowest BCUT2D eigenvalue weighted by atomic mass is 10.2. The molecule has 2 aromatic rings. The van der Waals surface area contributed by atoms with Gasteiger partial charge in [-0.1, -0.05) is 29.2 Å². The van der Waals surface area contributed by atoms with Crippen molar-refractivity contribution in [2.45, 2.75) is 9.24 Å². The van der Waals surface area contributed by atoms with Crippen molar-refractivity contribution < 1.29 is 14.3 Å². The third kappa shape index (κ3) is 2.20. The number of halogens is 1. The highest BCUT2D eigenvalue weighted by Crippen LogP contribution is 2.33. The van der Waals surface area contributed by atoms with Gasteiger partial charge in [-0.2, -0.15) is 0 Å². The van der Waals surface area contributed by atoms with Gasteiger partial charge in [-0.05, 0) is 12.1 Å². The molecule has 0 atom stereocenters. The molecule has 1 heterocycles. The Bertz CT molecular complexity index is 516. The van der Waals surface area contributed by atoms with E-state index in [9.17, 15) is 9.18 Å². The molecule has 4 nitrogen and oxygen atoms in total. The maximum atomic E-state index is 13.5. The smallest absolute Gasteiger partial charge is 0.336 e. The van der Waals surface area contributed by atoms with Crippen LogP contribution >= 0.6 is 23.1 Å². The molecule has 0 saturated carbocycles. The van der Waals surface area contributed by atoms with E-state index in [-0.39, 0.29) is 10.5 Å². The predicted octanol–water partition coefficient (Wildman–Crippen LogP) is 2.53. The summed E-state index contributed by atoms with van der Waals surface area (Å²) in [5.41, 5.74) is 1.43. The molecule has 0 fully saturated rings. The second-order valence-corrected chi connectivity index (χ2v) is 4.82. The number of benzene rings is 1. The van der Waals surface area contributed by atoms with Crippen molar-refractivity contribution in [3.63, 3.8) is 0 Å². The van der Waals surface area contributed by atoms with Crippen LogP contribution in [0.1, 0.15) is 10.4 Å². The van der Waals surface area contributed by atoms with Gasteiger partial charge in [0.25, 0.3) is 0 Å². The van der Waals surface area contributed by atoms with Crippen LogP contribution < -0.4 is 0 Å². The average Bonchev–Trinajstić information content (AvgIpc) is 2.73. The number of hydrogen-bond acceptors (Lipinski definition) is 5. The normalized spacial score (nSPS) is 10.3. The minimum absolute atomic E-state index is 0.0618. The van der Waals surface area contributed by atoms with Gasteiger partial charge in [-0.25, -0.2) is 9.18 Å². The molecule has 16 heavy (non-hydrogen) atoms. The highest BCUT2D eigenvalue weighted by atomic mass is 32.2. The van der Waals surface area contributed by atoms with E-state index in [4.69, 9.17) is 5.11 Å². The number of carbonyl (C=O) groups is 1. The lowest BCUT2D eigenvalue weighted by molar-refractivity contribution is 0.0692. The SMILES string of the molecule is O=C(O)c1cccc(F)c1Sc1nncs1. The molecule has 0 bridgehead atoms. The van der Waals surface area contributed by atoms with Crippen LogP contribution in [0, 0.1) is 5.82 Å². The van der Waals surface area contributed by atoms with E-state index in [2.05, 4.69) is 10.2 Å². The summed E-state index contributed by atoms with van der Waals surface area (Å²) in [6.07, 6.45) is 0. The summed E-state index contributed by atoms with van der Waals surface area (Å²) < 4.78 is 14.0. The van der Waals surface area contributed by atoms with Crippen LogP contribution in [0.3, 0.4) is 0 Å². The maximum absolute atomic E-state index is 13.5. The topological polar surface area (TPSA) is 63.1 Å². The van der Waals surface area contributed by atoms with Gasteiger partial charge in [0.1, 0.15) is 11.3 Å². The van der Waals surface area contributed by atoms with Crippen molar-refractivity contribution in [3.05, 3.63) is 35.1 Å². The molecule has 2 rings (SSSR count). The highest BCUT2D eigenvalue weighted by molar-refractivity contribution is 8.01. The summed E-state index contributed by atoms with van der Waals surface area (Å²) in [4.78, 5) is 11.0. The van der Waals surface area contributed by atoms with Crippen LogP contribution in [-0.4, -0.2) is 21.3 Å². The highest BCUT2D eigenvalue weighted by Gasteiger charge is 2.16. The summed E-state index contributed by atoms with van der Waals surface area (Å²) in [5.74, 6) is -1.73. The lowest BCUT2D eigenvalue weighted by Gasteiger charge is -2.03. The van der Waals surface area contributed by atoms with E-state index < -0.39 is 11.8 Å². The molecule has 0 saturated heterocycles. The van der Waals surface area contributed by atoms with Gasteiger partial charge in [0, 0.05) is 0 Å². The van der Waals surface area contributed by atoms with Gasteiger partial charge in [0.2, 0.25) is 0 Å². The molecule has 1 aromatic carbocycles. The Morgan fingerprint density at radius 1 is 1.50 bits per heavy atom. The van der Waals surface area contributed by atoms with Crippen molar-refractivity contribution in [1.29, 1.82) is 0 Å². The molecular formula is C9H5FN2O2S2. The molecule has 0 spiro atoms. The van der Waals surface area contributed by atoms with Crippen LogP contribution in [0.15, 0.2) is 32.9 Å². The van der Waals surface area contributed by atoms with Crippen molar-refractivity contribution in [1.82, 2.24) is 10.2 Å². The molecule has 1 N–H and O–H groups in total. The number of nitrogens with zero attached hydrogens (tertiary/aromatic N) is 2. The van der Waals surface area contributed by atoms with Gasteiger partial charge in [0.05, 0.1) is 10.5 Å². The fourth-order valence-electron chi connectivity index (χ4n) is 1.08. The molecule has 0 amide bonds. The summed E-state index contributed by atoms with van der Waals surface area (Å²) >= 11 is 2.19. The molecule has 0 unspecified atom stereocenters. The minimum Gasteiger partial charge on any atom is -0.478 e. The summed E-state index contributed by atoms with van der Waals surface area (Å²) in [6.45, 7) is 0. The third-order valence-corrected chi connectivity index (χ3v) is 3.62. The molecule has 0 aliphatic rings. The van der Waals surface area contributed by atoms with Crippen LogP contribution in [0.5, 0.6) is 0 Å². The number of aromatic nitrogens is 2. The zero-order valence-electron chi connectivity index (χ0n) is 7.75. The van der Waals surface area contributed by atoms with E-state index in [1.54, 1.807) is 0 Å². The Kier molecular flexibility index (Phi) is 3.16. The standard InChI is InChI=1S/C9H5FN2O2S2/c10-6-3-1-2-5(8(13)14)7(6)16-9-12-11-4-15-9/h1-4H,(H,13,14). The lowest BCUT2D eigenvalue weighted by Crippen LogP contribution is -2.00. The average molecular weight is 256 g/mol. The van der Waals surface area contributed by atoms with Crippen molar-refractivity contribution in [2.75, 3.05) is 0 Å². The van der Waals surface area contributed by atoms with Gasteiger partial charge in [0.15, 0.2) is 4.34 Å². The Morgan fingerprint density at radius 3 is 2.94 bits per heavy atom. The predicted molar refractivity (Wildman–Crippen MR) is 57.4 cm³/mol. The van der Waals surface area contributed by atoms with Crippen LogP contribution in [0.25, 0.3) is 0 Å². The molecule has 0 radical (unpaired) electrons. The molecule has 0 aliphatic heterocycles. The Balaban J connectivity index is 2.42. The summed E-state index contributed by atoms with van der Waals surface area (Å²) in [5, 5.41) is 16.2. The van der Waals surface area contributed by atoms with Gasteiger partial charge in [-0.15, -0.1) is 10.2 Å². The van der Waals surface area contributed by atoms with E-state index in [0.29, 0.717) is 4.34 Å². The first-order valence-corrected chi connectivity index (χ1v) is 5.84. The minimum atomic E-state index is -1.16. The molecule has 7 heteroatoms. The van der Waals surface area contributed by atoms with Crippen LogP contribution in [-0.2, 0) is 0 Å². The molecule has 1 aromatic heterocycles. The first-order chi connectivity index (χ1) is 7.68. The third-order valence-electron chi connectivity index (χ3n) is 1.73.